The first kappa shape index (κ1) is 16.4. The summed E-state index contributed by atoms with van der Waals surface area (Å²) in [5.74, 6) is 1.58. The van der Waals surface area contributed by atoms with Crippen LogP contribution in [0.4, 0.5) is 0 Å². The van der Waals surface area contributed by atoms with Gasteiger partial charge in [0, 0.05) is 21.9 Å². The number of rotatable bonds is 6. The zero-order chi connectivity index (χ0) is 14.3. The summed E-state index contributed by atoms with van der Waals surface area (Å²) in [6.45, 7) is 9.18. The first-order valence-electron chi connectivity index (χ1n) is 6.47. The van der Waals surface area contributed by atoms with Crippen LogP contribution in [0.15, 0.2) is 29.2 Å². The minimum atomic E-state index is 0.129. The Morgan fingerprint density at radius 3 is 2.42 bits per heavy atom. The monoisotopic (exact) mass is 297 g/mol. The molecule has 0 aliphatic rings. The van der Waals surface area contributed by atoms with E-state index in [0.29, 0.717) is 5.75 Å². The third kappa shape index (κ3) is 8.22. The summed E-state index contributed by atoms with van der Waals surface area (Å²) in [6.07, 6.45) is 0. The highest BCUT2D eigenvalue weighted by Crippen LogP contribution is 2.22. The molecule has 19 heavy (non-hydrogen) atoms. The zero-order valence-electron chi connectivity index (χ0n) is 12.2. The van der Waals surface area contributed by atoms with Crippen LogP contribution in [-0.2, 0) is 4.79 Å². The Morgan fingerprint density at radius 2 is 1.84 bits per heavy atom. The van der Waals surface area contributed by atoms with E-state index < -0.39 is 0 Å². The van der Waals surface area contributed by atoms with Gasteiger partial charge in [-0.2, -0.15) is 0 Å². The fourth-order valence-corrected chi connectivity index (χ4v) is 2.76. The number of thioether (sulfide) groups is 2. The van der Waals surface area contributed by atoms with Crippen molar-refractivity contribution in [1.82, 2.24) is 5.32 Å². The number of hydrogen-bond acceptors (Lipinski definition) is 3. The molecule has 0 aliphatic carbocycles. The van der Waals surface area contributed by atoms with E-state index >= 15 is 0 Å². The highest BCUT2D eigenvalue weighted by Gasteiger charge is 2.12. The minimum Gasteiger partial charge on any atom is -0.355 e. The smallest absolute Gasteiger partial charge is 0.230 e. The summed E-state index contributed by atoms with van der Waals surface area (Å²) in [5, 5.41) is 2.96. The van der Waals surface area contributed by atoms with Crippen molar-refractivity contribution in [3.05, 3.63) is 29.8 Å². The average Bonchev–Trinajstić information content (AvgIpc) is 2.33. The van der Waals surface area contributed by atoms with E-state index in [-0.39, 0.29) is 10.7 Å². The molecule has 106 valence electrons. The lowest BCUT2D eigenvalue weighted by Crippen LogP contribution is -2.28. The van der Waals surface area contributed by atoms with Crippen LogP contribution in [0.25, 0.3) is 0 Å². The fraction of sp³-hybridized carbons (Fsp3) is 0.533. The summed E-state index contributed by atoms with van der Waals surface area (Å²) in [6, 6.07) is 8.47. The molecule has 2 nitrogen and oxygen atoms in total. The van der Waals surface area contributed by atoms with Gasteiger partial charge in [0.25, 0.3) is 0 Å². The zero-order valence-corrected chi connectivity index (χ0v) is 13.8. The number of benzene rings is 1. The first-order chi connectivity index (χ1) is 8.87. The molecule has 0 saturated heterocycles. The van der Waals surface area contributed by atoms with Crippen molar-refractivity contribution in [1.29, 1.82) is 0 Å². The SMILES string of the molecule is Cc1ccc(SCCNC(=O)CSC(C)(C)C)cc1. The number of nitrogens with one attached hydrogen (secondary N) is 1. The van der Waals surface area contributed by atoms with Gasteiger partial charge in [0.2, 0.25) is 5.91 Å². The van der Waals surface area contributed by atoms with Crippen molar-refractivity contribution in [3.8, 4) is 0 Å². The Morgan fingerprint density at radius 1 is 1.21 bits per heavy atom. The van der Waals surface area contributed by atoms with Crippen molar-refractivity contribution in [2.24, 2.45) is 0 Å². The number of carbonyl (C=O) groups excluding carboxylic acids is 1. The molecule has 1 aromatic rings. The van der Waals surface area contributed by atoms with E-state index in [9.17, 15) is 4.79 Å². The molecule has 0 aliphatic heterocycles. The first-order valence-corrected chi connectivity index (χ1v) is 8.44. The largest absolute Gasteiger partial charge is 0.355 e. The van der Waals surface area contributed by atoms with Gasteiger partial charge in [-0.1, -0.05) is 38.5 Å². The third-order valence-corrected chi connectivity index (χ3v) is 4.64. The molecule has 0 aromatic heterocycles. The quantitative estimate of drug-likeness (QED) is 0.641. The summed E-state index contributed by atoms with van der Waals surface area (Å²) >= 11 is 3.45. The molecule has 0 heterocycles. The highest BCUT2D eigenvalue weighted by molar-refractivity contribution is 8.01. The maximum atomic E-state index is 11.6. The molecule has 0 radical (unpaired) electrons. The van der Waals surface area contributed by atoms with Gasteiger partial charge in [-0.05, 0) is 19.1 Å². The summed E-state index contributed by atoms with van der Waals surface area (Å²) in [4.78, 5) is 12.9. The van der Waals surface area contributed by atoms with Crippen molar-refractivity contribution < 1.29 is 4.79 Å². The Kier molecular flexibility index (Phi) is 6.80. The van der Waals surface area contributed by atoms with Gasteiger partial charge in [-0.3, -0.25) is 4.79 Å². The van der Waals surface area contributed by atoms with E-state index in [1.807, 2.05) is 0 Å². The molecular formula is C15H23NOS2. The van der Waals surface area contributed by atoms with Crippen LogP contribution in [-0.4, -0.2) is 28.7 Å². The highest BCUT2D eigenvalue weighted by atomic mass is 32.2. The third-order valence-electron chi connectivity index (χ3n) is 2.35. The Balaban J connectivity index is 2.13. The summed E-state index contributed by atoms with van der Waals surface area (Å²) in [5.41, 5.74) is 1.27. The molecule has 1 amide bonds. The van der Waals surface area contributed by atoms with Gasteiger partial charge in [-0.15, -0.1) is 23.5 Å². The van der Waals surface area contributed by atoms with Crippen molar-refractivity contribution >= 4 is 29.4 Å². The maximum absolute atomic E-state index is 11.6. The molecule has 0 atom stereocenters. The van der Waals surface area contributed by atoms with E-state index in [1.54, 1.807) is 23.5 Å². The maximum Gasteiger partial charge on any atom is 0.230 e. The second-order valence-corrected chi connectivity index (χ2v) is 8.38. The minimum absolute atomic E-state index is 0.129. The summed E-state index contributed by atoms with van der Waals surface area (Å²) in [7, 11) is 0. The normalized spacial score (nSPS) is 11.4. The Labute approximate surface area is 125 Å². The molecule has 0 fully saturated rings. The average molecular weight is 297 g/mol. The van der Waals surface area contributed by atoms with Crippen LogP contribution >= 0.6 is 23.5 Å². The van der Waals surface area contributed by atoms with Gasteiger partial charge < -0.3 is 5.32 Å². The van der Waals surface area contributed by atoms with Crippen LogP contribution in [0.1, 0.15) is 26.3 Å². The molecule has 1 N–H and O–H groups in total. The topological polar surface area (TPSA) is 29.1 Å². The number of hydrogen-bond donors (Lipinski definition) is 1. The van der Waals surface area contributed by atoms with Crippen molar-refractivity contribution in [2.45, 2.75) is 37.3 Å². The number of carbonyl (C=O) groups is 1. The standard InChI is InChI=1S/C15H23NOS2/c1-12-5-7-13(8-6-12)18-10-9-16-14(17)11-19-15(2,3)4/h5-8H,9-11H2,1-4H3,(H,16,17). The fourth-order valence-electron chi connectivity index (χ4n) is 1.33. The molecular weight excluding hydrogens is 274 g/mol. The Hall–Kier alpha value is -0.610. The predicted octanol–water partition coefficient (Wildman–Crippen LogP) is 3.74. The molecule has 0 unspecified atom stereocenters. The van der Waals surface area contributed by atoms with Gasteiger partial charge >= 0.3 is 0 Å². The number of aryl methyl sites for hydroxylation is 1. The summed E-state index contributed by atoms with van der Waals surface area (Å²) < 4.78 is 0.147. The lowest BCUT2D eigenvalue weighted by atomic mass is 10.2. The second-order valence-electron chi connectivity index (χ2n) is 5.41. The van der Waals surface area contributed by atoms with E-state index in [4.69, 9.17) is 0 Å². The Bertz CT molecular complexity index is 396. The van der Waals surface area contributed by atoms with E-state index in [0.717, 1.165) is 12.3 Å². The predicted molar refractivity (Wildman–Crippen MR) is 87.1 cm³/mol. The van der Waals surface area contributed by atoms with Crippen LogP contribution in [0.2, 0.25) is 0 Å². The van der Waals surface area contributed by atoms with Gasteiger partial charge in [0.05, 0.1) is 5.75 Å². The van der Waals surface area contributed by atoms with Gasteiger partial charge in [-0.25, -0.2) is 0 Å². The van der Waals surface area contributed by atoms with Crippen LogP contribution in [0.3, 0.4) is 0 Å². The molecule has 0 bridgehead atoms. The van der Waals surface area contributed by atoms with Gasteiger partial charge in [0.1, 0.15) is 0 Å². The second kappa shape index (κ2) is 7.85. The van der Waals surface area contributed by atoms with Crippen LogP contribution in [0, 0.1) is 6.92 Å². The van der Waals surface area contributed by atoms with Crippen molar-refractivity contribution in [3.63, 3.8) is 0 Å². The molecule has 4 heteroatoms. The molecule has 0 spiro atoms. The lowest BCUT2D eigenvalue weighted by Gasteiger charge is -2.16. The van der Waals surface area contributed by atoms with Crippen molar-refractivity contribution in [2.75, 3.05) is 18.1 Å². The van der Waals surface area contributed by atoms with Gasteiger partial charge in [0.15, 0.2) is 0 Å². The van der Waals surface area contributed by atoms with Crippen LogP contribution < -0.4 is 5.32 Å². The van der Waals surface area contributed by atoms with E-state index in [1.165, 1.54) is 10.5 Å². The molecule has 1 rings (SSSR count). The van der Waals surface area contributed by atoms with Crippen LogP contribution in [0.5, 0.6) is 0 Å². The molecule has 1 aromatic carbocycles. The lowest BCUT2D eigenvalue weighted by molar-refractivity contribution is -0.118. The molecule has 0 saturated carbocycles. The number of amides is 1. The van der Waals surface area contributed by atoms with E-state index in [2.05, 4.69) is 57.3 Å².